The topological polar surface area (TPSA) is 80.0 Å². The number of aromatic nitrogens is 3. The summed E-state index contributed by atoms with van der Waals surface area (Å²) in [6.45, 7) is 0.955. The Balaban J connectivity index is 1.90. The number of hydrogen-bond donors (Lipinski definition) is 2. The van der Waals surface area contributed by atoms with Crippen LogP contribution >= 0.6 is 15.9 Å². The molecule has 2 rings (SSSR count). The van der Waals surface area contributed by atoms with Crippen LogP contribution in [0.3, 0.4) is 0 Å². The molecular formula is C11H10BrFN4O2. The van der Waals surface area contributed by atoms with E-state index < -0.39 is 5.97 Å². The Morgan fingerprint density at radius 1 is 1.53 bits per heavy atom. The van der Waals surface area contributed by atoms with Crippen molar-refractivity contribution in [3.63, 3.8) is 0 Å². The summed E-state index contributed by atoms with van der Waals surface area (Å²) in [6, 6.07) is 4.33. The van der Waals surface area contributed by atoms with Crippen molar-refractivity contribution < 1.29 is 14.3 Å². The lowest BCUT2D eigenvalue weighted by Crippen LogP contribution is -2.11. The smallest absolute Gasteiger partial charge is 0.358 e. The van der Waals surface area contributed by atoms with E-state index in [4.69, 9.17) is 5.11 Å². The van der Waals surface area contributed by atoms with Gasteiger partial charge < -0.3 is 10.4 Å². The molecule has 1 aromatic carbocycles. The van der Waals surface area contributed by atoms with E-state index in [-0.39, 0.29) is 11.5 Å². The van der Waals surface area contributed by atoms with Crippen LogP contribution in [0.25, 0.3) is 0 Å². The van der Waals surface area contributed by atoms with Gasteiger partial charge in [0.1, 0.15) is 5.82 Å². The monoisotopic (exact) mass is 328 g/mol. The molecule has 0 spiro atoms. The second-order valence-electron chi connectivity index (χ2n) is 3.72. The fourth-order valence-electron chi connectivity index (χ4n) is 1.44. The van der Waals surface area contributed by atoms with Crippen molar-refractivity contribution in [2.24, 2.45) is 0 Å². The Labute approximate surface area is 116 Å². The maximum atomic E-state index is 12.9. The summed E-state index contributed by atoms with van der Waals surface area (Å²) in [7, 11) is 0. The third-order valence-corrected chi connectivity index (χ3v) is 3.00. The molecule has 0 saturated carbocycles. The van der Waals surface area contributed by atoms with Crippen molar-refractivity contribution in [1.29, 1.82) is 0 Å². The van der Waals surface area contributed by atoms with Crippen LogP contribution in [0.15, 0.2) is 28.9 Å². The molecule has 0 amide bonds. The van der Waals surface area contributed by atoms with E-state index in [1.54, 1.807) is 6.07 Å². The second-order valence-corrected chi connectivity index (χ2v) is 4.58. The molecule has 0 saturated heterocycles. The predicted molar refractivity (Wildman–Crippen MR) is 69.6 cm³/mol. The lowest BCUT2D eigenvalue weighted by molar-refractivity contribution is 0.0690. The summed E-state index contributed by atoms with van der Waals surface area (Å²) in [5.74, 6) is -1.43. The first-order chi connectivity index (χ1) is 9.06. The molecule has 19 heavy (non-hydrogen) atoms. The molecule has 1 aromatic heterocycles. The van der Waals surface area contributed by atoms with E-state index in [9.17, 15) is 9.18 Å². The number of nitrogens with zero attached hydrogens (tertiary/aromatic N) is 3. The van der Waals surface area contributed by atoms with E-state index in [0.29, 0.717) is 17.6 Å². The quantitative estimate of drug-likeness (QED) is 0.877. The highest BCUT2D eigenvalue weighted by Gasteiger charge is 2.07. The number of carboxylic acid groups (broad SMARTS) is 1. The first-order valence-corrected chi connectivity index (χ1v) is 6.18. The van der Waals surface area contributed by atoms with Crippen LogP contribution in [0.4, 0.5) is 10.1 Å². The number of hydrogen-bond acceptors (Lipinski definition) is 4. The number of carboxylic acids is 1. The molecule has 0 atom stereocenters. The molecule has 8 heteroatoms. The average Bonchev–Trinajstić information content (AvgIpc) is 2.81. The predicted octanol–water partition coefficient (Wildman–Crippen LogP) is 1.99. The molecule has 0 unspecified atom stereocenters. The summed E-state index contributed by atoms with van der Waals surface area (Å²) < 4.78 is 14.9. The van der Waals surface area contributed by atoms with Gasteiger partial charge in [-0.2, -0.15) is 0 Å². The van der Waals surface area contributed by atoms with E-state index in [1.807, 2.05) is 0 Å². The fraction of sp³-hybridized carbons (Fsp3) is 0.182. The number of benzene rings is 1. The van der Waals surface area contributed by atoms with Gasteiger partial charge in [-0.3, -0.25) is 0 Å². The third-order valence-electron chi connectivity index (χ3n) is 2.35. The largest absolute Gasteiger partial charge is 0.476 e. The van der Waals surface area contributed by atoms with Crippen LogP contribution in [-0.2, 0) is 6.54 Å². The first-order valence-electron chi connectivity index (χ1n) is 5.38. The summed E-state index contributed by atoms with van der Waals surface area (Å²) in [6.07, 6.45) is 1.35. The standard InChI is InChI=1S/C11H10BrFN4O2/c12-8-5-7(13)1-2-9(8)14-3-4-17-6-10(11(18)19)15-16-17/h1-2,5-6,14H,3-4H2,(H,18,19). The minimum Gasteiger partial charge on any atom is -0.476 e. The average molecular weight is 329 g/mol. The van der Waals surface area contributed by atoms with Crippen LogP contribution < -0.4 is 5.32 Å². The van der Waals surface area contributed by atoms with Gasteiger partial charge in [-0.1, -0.05) is 5.21 Å². The van der Waals surface area contributed by atoms with Gasteiger partial charge in [0.25, 0.3) is 0 Å². The Morgan fingerprint density at radius 3 is 2.95 bits per heavy atom. The molecule has 100 valence electrons. The van der Waals surface area contributed by atoms with Crippen LogP contribution in [0.2, 0.25) is 0 Å². The van der Waals surface area contributed by atoms with Crippen LogP contribution in [0.5, 0.6) is 0 Å². The molecule has 0 aliphatic heterocycles. The SMILES string of the molecule is O=C(O)c1cn(CCNc2ccc(F)cc2Br)nn1. The second kappa shape index (κ2) is 5.79. The summed E-state index contributed by atoms with van der Waals surface area (Å²) >= 11 is 3.24. The highest BCUT2D eigenvalue weighted by atomic mass is 79.9. The lowest BCUT2D eigenvalue weighted by Gasteiger charge is -2.08. The Morgan fingerprint density at radius 2 is 2.32 bits per heavy atom. The van der Waals surface area contributed by atoms with Crippen LogP contribution in [0, 0.1) is 5.82 Å². The molecule has 1 heterocycles. The van der Waals surface area contributed by atoms with Crippen molar-refractivity contribution >= 4 is 27.6 Å². The Bertz CT molecular complexity index is 602. The highest BCUT2D eigenvalue weighted by molar-refractivity contribution is 9.10. The van der Waals surface area contributed by atoms with Gasteiger partial charge in [0.2, 0.25) is 0 Å². The van der Waals surface area contributed by atoms with E-state index in [0.717, 1.165) is 5.69 Å². The fourth-order valence-corrected chi connectivity index (χ4v) is 1.93. The molecule has 6 nitrogen and oxygen atoms in total. The number of aromatic carboxylic acids is 1. The highest BCUT2D eigenvalue weighted by Crippen LogP contribution is 2.22. The molecule has 0 aliphatic rings. The van der Waals surface area contributed by atoms with Gasteiger partial charge in [0.05, 0.1) is 12.7 Å². The summed E-state index contributed by atoms with van der Waals surface area (Å²) in [5.41, 5.74) is 0.655. The van der Waals surface area contributed by atoms with Crippen LogP contribution in [-0.4, -0.2) is 32.6 Å². The number of carbonyl (C=O) groups is 1. The zero-order valence-electron chi connectivity index (χ0n) is 9.68. The number of halogens is 2. The van der Waals surface area contributed by atoms with Gasteiger partial charge in [0.15, 0.2) is 5.69 Å². The first kappa shape index (κ1) is 13.5. The maximum absolute atomic E-state index is 12.9. The molecular weight excluding hydrogens is 319 g/mol. The minimum atomic E-state index is -1.11. The summed E-state index contributed by atoms with van der Waals surface area (Å²) in [4.78, 5) is 10.6. The zero-order valence-corrected chi connectivity index (χ0v) is 11.3. The summed E-state index contributed by atoms with van der Waals surface area (Å²) in [5, 5.41) is 18.9. The van der Waals surface area contributed by atoms with E-state index in [2.05, 4.69) is 31.6 Å². The third kappa shape index (κ3) is 3.50. The van der Waals surface area contributed by atoms with Crippen molar-refractivity contribution in [3.05, 3.63) is 40.4 Å². The van der Waals surface area contributed by atoms with Gasteiger partial charge in [-0.15, -0.1) is 5.10 Å². The zero-order chi connectivity index (χ0) is 13.8. The van der Waals surface area contributed by atoms with Gasteiger partial charge in [-0.25, -0.2) is 13.9 Å². The van der Waals surface area contributed by atoms with Crippen molar-refractivity contribution in [1.82, 2.24) is 15.0 Å². The van der Waals surface area contributed by atoms with E-state index in [1.165, 1.54) is 23.0 Å². The number of anilines is 1. The number of rotatable bonds is 5. The van der Waals surface area contributed by atoms with Gasteiger partial charge in [0, 0.05) is 16.7 Å². The van der Waals surface area contributed by atoms with Crippen molar-refractivity contribution in [2.45, 2.75) is 6.54 Å². The maximum Gasteiger partial charge on any atom is 0.358 e. The molecule has 0 bridgehead atoms. The van der Waals surface area contributed by atoms with Crippen molar-refractivity contribution in [2.75, 3.05) is 11.9 Å². The minimum absolute atomic E-state index is 0.0945. The molecule has 0 aliphatic carbocycles. The lowest BCUT2D eigenvalue weighted by atomic mass is 10.3. The number of nitrogens with one attached hydrogen (secondary N) is 1. The van der Waals surface area contributed by atoms with Crippen molar-refractivity contribution in [3.8, 4) is 0 Å². The van der Waals surface area contributed by atoms with Gasteiger partial charge >= 0.3 is 5.97 Å². The van der Waals surface area contributed by atoms with Gasteiger partial charge in [-0.05, 0) is 34.1 Å². The van der Waals surface area contributed by atoms with E-state index >= 15 is 0 Å². The normalized spacial score (nSPS) is 10.4. The molecule has 0 radical (unpaired) electrons. The molecule has 0 fully saturated rings. The molecule has 2 N–H and O–H groups in total. The Hall–Kier alpha value is -1.96. The Kier molecular flexibility index (Phi) is 4.10. The molecule has 2 aromatic rings. The van der Waals surface area contributed by atoms with Crippen LogP contribution in [0.1, 0.15) is 10.5 Å².